The molecule has 0 atom stereocenters. The molecule has 6 heteroatoms. The highest BCUT2D eigenvalue weighted by Crippen LogP contribution is 2.25. The van der Waals surface area contributed by atoms with E-state index in [1.54, 1.807) is 10.9 Å². The molecule has 0 radical (unpaired) electrons. The Morgan fingerprint density at radius 1 is 1.00 bits per heavy atom. The zero-order chi connectivity index (χ0) is 14.1. The van der Waals surface area contributed by atoms with Crippen LogP contribution in [-0.2, 0) is 0 Å². The summed E-state index contributed by atoms with van der Waals surface area (Å²) in [5.74, 6) is 0.745. The van der Waals surface area contributed by atoms with Gasteiger partial charge in [0.25, 0.3) is 0 Å². The number of rotatable bonds is 2. The molecule has 4 nitrogen and oxygen atoms in total. The van der Waals surface area contributed by atoms with E-state index in [0.29, 0.717) is 0 Å². The van der Waals surface area contributed by atoms with Crippen molar-refractivity contribution in [2.45, 2.75) is 0 Å². The van der Waals surface area contributed by atoms with E-state index in [1.807, 2.05) is 42.7 Å². The number of nitrogen functional groups attached to an aromatic ring is 1. The first-order valence-electron chi connectivity index (χ1n) is 5.85. The third kappa shape index (κ3) is 2.62. The van der Waals surface area contributed by atoms with Crippen LogP contribution in [0.2, 0.25) is 0 Å². The van der Waals surface area contributed by atoms with Crippen molar-refractivity contribution in [2.75, 3.05) is 5.73 Å². The fraction of sp³-hybridized carbons (Fsp3) is 0. The van der Waals surface area contributed by atoms with Gasteiger partial charge in [0.2, 0.25) is 0 Å². The Morgan fingerprint density at radius 3 is 2.45 bits per heavy atom. The van der Waals surface area contributed by atoms with Gasteiger partial charge in [-0.2, -0.15) is 5.10 Å². The minimum absolute atomic E-state index is 0.745. The zero-order valence-corrected chi connectivity index (χ0v) is 13.5. The topological polar surface area (TPSA) is 56.7 Å². The number of benzene rings is 1. The number of nitrogens with zero attached hydrogens (tertiary/aromatic N) is 3. The Morgan fingerprint density at radius 2 is 1.75 bits per heavy atom. The van der Waals surface area contributed by atoms with Gasteiger partial charge in [-0.05, 0) is 55.6 Å². The monoisotopic (exact) mass is 392 g/mol. The maximum absolute atomic E-state index is 5.69. The Labute approximate surface area is 132 Å². The van der Waals surface area contributed by atoms with Crippen LogP contribution in [0.1, 0.15) is 0 Å². The largest absolute Gasteiger partial charge is 0.399 e. The molecule has 100 valence electrons. The standard InChI is InChI=1S/C14H10Br2N4/c15-11-5-13(16)14(18-7-11)20-8-10(6-19-20)9-1-3-12(17)4-2-9/h1-8H,17H2. The molecule has 3 rings (SSSR count). The quantitative estimate of drug-likeness (QED) is 0.668. The summed E-state index contributed by atoms with van der Waals surface area (Å²) in [6.07, 6.45) is 5.48. The summed E-state index contributed by atoms with van der Waals surface area (Å²) in [4.78, 5) is 4.36. The normalized spacial score (nSPS) is 10.7. The Hall–Kier alpha value is -1.66. The van der Waals surface area contributed by atoms with Crippen LogP contribution in [0, 0.1) is 0 Å². The van der Waals surface area contributed by atoms with E-state index in [9.17, 15) is 0 Å². The Kier molecular flexibility index (Phi) is 3.58. The lowest BCUT2D eigenvalue weighted by Crippen LogP contribution is -1.98. The first-order valence-corrected chi connectivity index (χ1v) is 7.44. The minimum atomic E-state index is 0.745. The van der Waals surface area contributed by atoms with Gasteiger partial charge >= 0.3 is 0 Å². The van der Waals surface area contributed by atoms with Gasteiger partial charge in [0.15, 0.2) is 5.82 Å². The van der Waals surface area contributed by atoms with Gasteiger partial charge < -0.3 is 5.73 Å². The molecule has 2 N–H and O–H groups in total. The molecule has 0 aliphatic carbocycles. The van der Waals surface area contributed by atoms with Gasteiger partial charge in [0, 0.05) is 28.1 Å². The molecule has 2 aromatic heterocycles. The van der Waals surface area contributed by atoms with E-state index in [2.05, 4.69) is 41.9 Å². The van der Waals surface area contributed by atoms with Crippen molar-refractivity contribution in [3.63, 3.8) is 0 Å². The summed E-state index contributed by atoms with van der Waals surface area (Å²) in [6.45, 7) is 0. The molecule has 2 heterocycles. The minimum Gasteiger partial charge on any atom is -0.399 e. The number of halogens is 2. The van der Waals surface area contributed by atoms with Crippen molar-refractivity contribution < 1.29 is 0 Å². The van der Waals surface area contributed by atoms with Crippen LogP contribution in [0.3, 0.4) is 0 Å². The van der Waals surface area contributed by atoms with E-state index < -0.39 is 0 Å². The number of nitrogens with two attached hydrogens (primary N) is 1. The average Bonchev–Trinajstić information content (AvgIpc) is 2.89. The third-order valence-corrected chi connectivity index (χ3v) is 3.85. The molecular weight excluding hydrogens is 384 g/mol. The summed E-state index contributed by atoms with van der Waals surface area (Å²) in [7, 11) is 0. The second-order valence-corrected chi connectivity index (χ2v) is 6.02. The average molecular weight is 394 g/mol. The van der Waals surface area contributed by atoms with Crippen molar-refractivity contribution >= 4 is 37.5 Å². The summed E-state index contributed by atoms with van der Waals surface area (Å²) in [5, 5.41) is 4.35. The molecule has 0 unspecified atom stereocenters. The van der Waals surface area contributed by atoms with Crippen molar-refractivity contribution in [3.05, 3.63) is 57.9 Å². The number of hydrogen-bond acceptors (Lipinski definition) is 3. The predicted molar refractivity (Wildman–Crippen MR) is 86.6 cm³/mol. The third-order valence-electron chi connectivity index (χ3n) is 2.83. The Balaban J connectivity index is 1.99. The van der Waals surface area contributed by atoms with Crippen molar-refractivity contribution in [1.82, 2.24) is 14.8 Å². The lowest BCUT2D eigenvalue weighted by atomic mass is 10.1. The van der Waals surface area contributed by atoms with Crippen molar-refractivity contribution in [2.24, 2.45) is 0 Å². The molecule has 0 amide bonds. The van der Waals surface area contributed by atoms with Gasteiger partial charge in [-0.1, -0.05) is 12.1 Å². The van der Waals surface area contributed by atoms with Crippen LogP contribution in [-0.4, -0.2) is 14.8 Å². The maximum atomic E-state index is 5.69. The molecule has 20 heavy (non-hydrogen) atoms. The lowest BCUT2D eigenvalue weighted by Gasteiger charge is -2.03. The second-order valence-electron chi connectivity index (χ2n) is 4.25. The molecule has 0 aliphatic rings. The van der Waals surface area contributed by atoms with E-state index in [4.69, 9.17) is 5.73 Å². The van der Waals surface area contributed by atoms with Crippen LogP contribution in [0.15, 0.2) is 57.9 Å². The van der Waals surface area contributed by atoms with Crippen molar-refractivity contribution in [1.29, 1.82) is 0 Å². The Bertz CT molecular complexity index is 750. The number of anilines is 1. The molecule has 3 aromatic rings. The predicted octanol–water partition coefficient (Wildman–Crippen LogP) is 4.04. The first kappa shape index (κ1) is 13.3. The molecule has 0 aliphatic heterocycles. The molecular formula is C14H10Br2N4. The lowest BCUT2D eigenvalue weighted by molar-refractivity contribution is 0.841. The van der Waals surface area contributed by atoms with Crippen LogP contribution in [0.25, 0.3) is 16.9 Å². The molecule has 1 aromatic carbocycles. The molecule has 0 fully saturated rings. The van der Waals surface area contributed by atoms with Crippen LogP contribution < -0.4 is 5.73 Å². The van der Waals surface area contributed by atoms with Crippen molar-refractivity contribution in [3.8, 4) is 16.9 Å². The molecule has 0 bridgehead atoms. The highest BCUT2D eigenvalue weighted by molar-refractivity contribution is 9.11. The fourth-order valence-electron chi connectivity index (χ4n) is 1.84. The maximum Gasteiger partial charge on any atom is 0.167 e. The summed E-state index contributed by atoms with van der Waals surface area (Å²) in [5.41, 5.74) is 8.53. The van der Waals surface area contributed by atoms with E-state index in [0.717, 1.165) is 31.6 Å². The van der Waals surface area contributed by atoms with Gasteiger partial charge in [0.05, 0.1) is 10.7 Å². The van der Waals surface area contributed by atoms with Crippen LogP contribution in [0.5, 0.6) is 0 Å². The van der Waals surface area contributed by atoms with E-state index >= 15 is 0 Å². The summed E-state index contributed by atoms with van der Waals surface area (Å²) < 4.78 is 3.53. The summed E-state index contributed by atoms with van der Waals surface area (Å²) >= 11 is 6.87. The van der Waals surface area contributed by atoms with Crippen LogP contribution in [0.4, 0.5) is 5.69 Å². The zero-order valence-electron chi connectivity index (χ0n) is 10.3. The molecule has 0 saturated carbocycles. The number of aromatic nitrogens is 3. The highest BCUT2D eigenvalue weighted by atomic mass is 79.9. The second kappa shape index (κ2) is 5.38. The SMILES string of the molecule is Nc1ccc(-c2cnn(-c3ncc(Br)cc3Br)c2)cc1. The summed E-state index contributed by atoms with van der Waals surface area (Å²) in [6, 6.07) is 9.63. The molecule has 0 saturated heterocycles. The van der Waals surface area contributed by atoms with Gasteiger partial charge in [-0.25, -0.2) is 9.67 Å². The van der Waals surface area contributed by atoms with Gasteiger partial charge in [0.1, 0.15) is 0 Å². The number of hydrogen-bond donors (Lipinski definition) is 1. The highest BCUT2D eigenvalue weighted by Gasteiger charge is 2.08. The number of pyridine rings is 1. The van der Waals surface area contributed by atoms with Crippen LogP contribution >= 0.6 is 31.9 Å². The smallest absolute Gasteiger partial charge is 0.167 e. The fourth-order valence-corrected chi connectivity index (χ4v) is 3.01. The molecule has 0 spiro atoms. The van der Waals surface area contributed by atoms with E-state index in [1.165, 1.54) is 0 Å². The van der Waals surface area contributed by atoms with Gasteiger partial charge in [-0.3, -0.25) is 0 Å². The first-order chi connectivity index (χ1) is 9.63. The van der Waals surface area contributed by atoms with Gasteiger partial charge in [-0.15, -0.1) is 0 Å². The van der Waals surface area contributed by atoms with E-state index in [-0.39, 0.29) is 0 Å².